The molecule has 0 fully saturated rings. The number of aromatic nitrogens is 4. The van der Waals surface area contributed by atoms with E-state index in [1.54, 1.807) is 12.1 Å². The van der Waals surface area contributed by atoms with Gasteiger partial charge >= 0.3 is 5.97 Å². The molecule has 44 heavy (non-hydrogen) atoms. The van der Waals surface area contributed by atoms with E-state index in [4.69, 9.17) is 4.74 Å². The molecular formula is C37H38N4O3. The van der Waals surface area contributed by atoms with Crippen LogP contribution >= 0.6 is 0 Å². The van der Waals surface area contributed by atoms with E-state index >= 15 is 0 Å². The topological polar surface area (TPSA) is 101 Å². The zero-order valence-electron chi connectivity index (χ0n) is 25.4. The van der Waals surface area contributed by atoms with Crippen LogP contribution < -0.4 is 4.74 Å². The van der Waals surface area contributed by atoms with Crippen molar-refractivity contribution in [2.24, 2.45) is 5.92 Å². The third-order valence-corrected chi connectivity index (χ3v) is 7.76. The molecule has 224 valence electrons. The number of carbonyl (C=O) groups is 1. The van der Waals surface area contributed by atoms with Gasteiger partial charge in [0.25, 0.3) is 0 Å². The number of aryl methyl sites for hydroxylation is 1. The van der Waals surface area contributed by atoms with Crippen LogP contribution in [0.4, 0.5) is 0 Å². The molecule has 1 atom stereocenters. The summed E-state index contributed by atoms with van der Waals surface area (Å²) in [5.74, 6) is 0.811. The first-order valence-electron chi connectivity index (χ1n) is 14.9. The van der Waals surface area contributed by atoms with Gasteiger partial charge in [0.15, 0.2) is 5.82 Å². The molecule has 0 radical (unpaired) electrons. The highest BCUT2D eigenvalue weighted by atomic mass is 16.5. The Morgan fingerprint density at radius 3 is 2.23 bits per heavy atom. The standard InChI is InChI=1S/C37H38N4O3/c1-37(2,3)33-22-15-29(16-23-33)25-44-34-7-5-4-6-30(34)17-12-27(9-8-26-10-20-32(21-11-26)36(42)43)24-28-13-18-31(19-14-28)35-38-40-41-39-35/h4-7,10-23,27H,8-9,24-25H2,1-3H3,(H,42,43)(H,38,39,40,41)/b17-12+. The van der Waals surface area contributed by atoms with Crippen molar-refractivity contribution in [3.63, 3.8) is 0 Å². The van der Waals surface area contributed by atoms with E-state index < -0.39 is 5.97 Å². The number of hydrogen-bond acceptors (Lipinski definition) is 5. The van der Waals surface area contributed by atoms with Crippen LogP contribution in [0.2, 0.25) is 0 Å². The fourth-order valence-corrected chi connectivity index (χ4v) is 5.07. The maximum atomic E-state index is 11.3. The number of allylic oxidation sites excluding steroid dienone is 1. The van der Waals surface area contributed by atoms with Gasteiger partial charge in [0.2, 0.25) is 0 Å². The Balaban J connectivity index is 1.30. The van der Waals surface area contributed by atoms with E-state index in [-0.39, 0.29) is 11.3 Å². The average Bonchev–Trinajstić information content (AvgIpc) is 3.57. The average molecular weight is 587 g/mol. The number of carboxylic acid groups (broad SMARTS) is 1. The van der Waals surface area contributed by atoms with Gasteiger partial charge in [-0.2, -0.15) is 0 Å². The molecule has 1 heterocycles. The molecule has 1 unspecified atom stereocenters. The van der Waals surface area contributed by atoms with Crippen LogP contribution in [-0.2, 0) is 24.9 Å². The first-order chi connectivity index (χ1) is 21.2. The van der Waals surface area contributed by atoms with Gasteiger partial charge < -0.3 is 9.84 Å². The summed E-state index contributed by atoms with van der Waals surface area (Å²) >= 11 is 0. The Hall–Kier alpha value is -5.04. The fourth-order valence-electron chi connectivity index (χ4n) is 5.07. The minimum absolute atomic E-state index is 0.117. The second-order valence-electron chi connectivity index (χ2n) is 12.1. The summed E-state index contributed by atoms with van der Waals surface area (Å²) in [6.45, 7) is 7.15. The maximum Gasteiger partial charge on any atom is 0.335 e. The van der Waals surface area contributed by atoms with Gasteiger partial charge in [-0.05, 0) is 81.5 Å². The zero-order chi connectivity index (χ0) is 30.9. The molecular weight excluding hydrogens is 548 g/mol. The predicted molar refractivity (Wildman–Crippen MR) is 173 cm³/mol. The smallest absolute Gasteiger partial charge is 0.335 e. The van der Waals surface area contributed by atoms with Crippen LogP contribution in [0.5, 0.6) is 5.75 Å². The Labute approximate surface area is 258 Å². The molecule has 2 N–H and O–H groups in total. The van der Waals surface area contributed by atoms with Crippen molar-refractivity contribution < 1.29 is 14.6 Å². The fraction of sp³-hybridized carbons (Fsp3) is 0.243. The number of ether oxygens (including phenoxy) is 1. The lowest BCUT2D eigenvalue weighted by atomic mass is 9.87. The lowest BCUT2D eigenvalue weighted by molar-refractivity contribution is 0.0697. The number of nitrogens with zero attached hydrogens (tertiary/aromatic N) is 3. The van der Waals surface area contributed by atoms with E-state index in [0.29, 0.717) is 18.0 Å². The van der Waals surface area contributed by atoms with E-state index in [1.165, 1.54) is 11.1 Å². The van der Waals surface area contributed by atoms with Gasteiger partial charge in [-0.25, -0.2) is 9.89 Å². The number of H-pyrrole nitrogens is 1. The van der Waals surface area contributed by atoms with Gasteiger partial charge in [-0.15, -0.1) is 5.10 Å². The van der Waals surface area contributed by atoms with E-state index in [0.717, 1.165) is 47.3 Å². The Morgan fingerprint density at radius 2 is 1.57 bits per heavy atom. The van der Waals surface area contributed by atoms with Crippen LogP contribution in [0, 0.1) is 5.92 Å². The molecule has 0 saturated carbocycles. The lowest BCUT2D eigenvalue weighted by Gasteiger charge is -2.19. The highest BCUT2D eigenvalue weighted by molar-refractivity contribution is 5.87. The van der Waals surface area contributed by atoms with Crippen LogP contribution in [0.3, 0.4) is 0 Å². The summed E-state index contributed by atoms with van der Waals surface area (Å²) in [5, 5.41) is 23.4. The molecule has 4 aromatic carbocycles. The minimum atomic E-state index is -0.912. The number of nitrogens with one attached hydrogen (secondary N) is 1. The van der Waals surface area contributed by atoms with Crippen molar-refractivity contribution in [2.75, 3.05) is 0 Å². The number of benzene rings is 4. The molecule has 1 aromatic heterocycles. The molecule has 0 bridgehead atoms. The number of tetrazole rings is 1. The third-order valence-electron chi connectivity index (χ3n) is 7.76. The van der Waals surface area contributed by atoms with Crippen LogP contribution in [0.25, 0.3) is 17.5 Å². The highest BCUT2D eigenvalue weighted by Crippen LogP contribution is 2.26. The molecule has 5 rings (SSSR count). The quantitative estimate of drug-likeness (QED) is 0.154. The van der Waals surface area contributed by atoms with Crippen molar-refractivity contribution >= 4 is 12.0 Å². The lowest BCUT2D eigenvalue weighted by Crippen LogP contribution is -2.10. The zero-order valence-corrected chi connectivity index (χ0v) is 25.4. The van der Waals surface area contributed by atoms with E-state index in [2.05, 4.69) is 96.0 Å². The van der Waals surface area contributed by atoms with Crippen molar-refractivity contribution in [3.8, 4) is 17.1 Å². The van der Waals surface area contributed by atoms with Gasteiger partial charge in [-0.3, -0.25) is 0 Å². The SMILES string of the molecule is CC(C)(C)c1ccc(COc2ccccc2/C=C/C(CCc2ccc(C(=O)O)cc2)Cc2ccc(-c3nnn[nH]3)cc2)cc1. The van der Waals surface area contributed by atoms with Gasteiger partial charge in [0.05, 0.1) is 5.56 Å². The van der Waals surface area contributed by atoms with Crippen LogP contribution in [0.1, 0.15) is 65.4 Å². The normalized spacial score (nSPS) is 12.3. The summed E-state index contributed by atoms with van der Waals surface area (Å²) in [4.78, 5) is 11.3. The number of hydrogen-bond donors (Lipinski definition) is 2. The number of aromatic amines is 1. The Kier molecular flexibility index (Phi) is 9.65. The van der Waals surface area contributed by atoms with Crippen molar-refractivity contribution in [3.05, 3.63) is 137 Å². The predicted octanol–water partition coefficient (Wildman–Crippen LogP) is 7.95. The first-order valence-corrected chi connectivity index (χ1v) is 14.9. The van der Waals surface area contributed by atoms with Gasteiger partial charge in [-0.1, -0.05) is 112 Å². The largest absolute Gasteiger partial charge is 0.488 e. The number of carboxylic acids is 1. The van der Waals surface area contributed by atoms with Crippen molar-refractivity contribution in [2.45, 2.75) is 52.1 Å². The Bertz CT molecular complexity index is 1670. The summed E-state index contributed by atoms with van der Waals surface area (Å²) in [5.41, 5.74) is 7.14. The molecule has 0 aliphatic rings. The number of aromatic carboxylic acids is 1. The molecule has 0 saturated heterocycles. The van der Waals surface area contributed by atoms with Crippen molar-refractivity contribution in [1.82, 2.24) is 20.6 Å². The van der Waals surface area contributed by atoms with E-state index in [9.17, 15) is 9.90 Å². The summed E-state index contributed by atoms with van der Waals surface area (Å²) in [6.07, 6.45) is 7.01. The minimum Gasteiger partial charge on any atom is -0.488 e. The van der Waals surface area contributed by atoms with Crippen molar-refractivity contribution in [1.29, 1.82) is 0 Å². The Morgan fingerprint density at radius 1 is 0.886 bits per heavy atom. The summed E-state index contributed by atoms with van der Waals surface area (Å²) in [6, 6.07) is 32.2. The first kappa shape index (κ1) is 30.4. The molecule has 5 aromatic rings. The third kappa shape index (κ3) is 8.28. The highest BCUT2D eigenvalue weighted by Gasteiger charge is 2.13. The molecule has 7 nitrogen and oxygen atoms in total. The van der Waals surface area contributed by atoms with Crippen LogP contribution in [0.15, 0.2) is 103 Å². The molecule has 0 aliphatic heterocycles. The second kappa shape index (κ2) is 14.0. The number of rotatable bonds is 12. The molecule has 0 aliphatic carbocycles. The van der Waals surface area contributed by atoms with E-state index in [1.807, 2.05) is 42.5 Å². The van der Waals surface area contributed by atoms with Gasteiger partial charge in [0.1, 0.15) is 12.4 Å². The monoisotopic (exact) mass is 586 g/mol. The second-order valence-corrected chi connectivity index (χ2v) is 12.1. The molecule has 0 amide bonds. The molecule has 0 spiro atoms. The van der Waals surface area contributed by atoms with Gasteiger partial charge in [0, 0.05) is 11.1 Å². The summed E-state index contributed by atoms with van der Waals surface area (Å²) < 4.78 is 6.29. The van der Waals surface area contributed by atoms with Crippen LogP contribution in [-0.4, -0.2) is 31.7 Å². The summed E-state index contributed by atoms with van der Waals surface area (Å²) in [7, 11) is 0. The number of para-hydroxylation sites is 1. The molecule has 7 heteroatoms. The maximum absolute atomic E-state index is 11.3.